The van der Waals surface area contributed by atoms with Gasteiger partial charge in [-0.3, -0.25) is 0 Å². The Morgan fingerprint density at radius 3 is 1.52 bits per heavy atom. The second-order valence-corrected chi connectivity index (χ2v) is 20.1. The highest BCUT2D eigenvalue weighted by Gasteiger charge is 2.29. The van der Waals surface area contributed by atoms with Crippen molar-refractivity contribution in [3.63, 3.8) is 0 Å². The molecule has 2 saturated heterocycles. The molecule has 4 aliphatic rings. The van der Waals surface area contributed by atoms with Gasteiger partial charge in [0.05, 0.1) is 18.5 Å². The molecule has 13 heteroatoms. The van der Waals surface area contributed by atoms with E-state index in [0.29, 0.717) is 12.5 Å². The van der Waals surface area contributed by atoms with Crippen LogP contribution in [0.4, 0.5) is 23.3 Å². The highest BCUT2D eigenvalue weighted by Crippen LogP contribution is 2.43. The van der Waals surface area contributed by atoms with E-state index in [1.165, 1.54) is 44.5 Å². The number of nitrogens with zero attached hydrogens (tertiary/aromatic N) is 8. The first-order valence-corrected chi connectivity index (χ1v) is 26.4. The molecular weight excluding hydrogens is 905 g/mol. The number of rotatable bonds is 16. The van der Waals surface area contributed by atoms with Gasteiger partial charge in [0.2, 0.25) is 11.9 Å². The number of anilines is 4. The molecule has 0 saturated carbocycles. The molecule has 2 aliphatic heterocycles. The number of hydrogen-bond acceptors (Lipinski definition) is 13. The van der Waals surface area contributed by atoms with Gasteiger partial charge in [-0.15, -0.1) is 0 Å². The van der Waals surface area contributed by atoms with Crippen molar-refractivity contribution in [3.05, 3.63) is 173 Å². The number of likely N-dealkylation sites (N-methyl/N-ethyl adjacent to an activating group) is 2. The summed E-state index contributed by atoms with van der Waals surface area (Å²) in [6.07, 6.45) is 8.01. The van der Waals surface area contributed by atoms with Crippen LogP contribution in [-0.4, -0.2) is 139 Å². The first-order valence-electron chi connectivity index (χ1n) is 26.4. The molecule has 13 nitrogen and oxygen atoms in total. The number of nitrogens with two attached hydrogens (primary N) is 1. The fourth-order valence-corrected chi connectivity index (χ4v) is 10.8. The number of hydrogen-bond donors (Lipinski definition) is 4. The van der Waals surface area contributed by atoms with E-state index in [0.717, 1.165) is 150 Å². The maximum Gasteiger partial charge on any atom is 0.223 e. The second-order valence-electron chi connectivity index (χ2n) is 20.1. The quantitative estimate of drug-likeness (QED) is 0.0543. The fraction of sp³-hybridized carbons (Fsp3) is 0.367. The van der Waals surface area contributed by atoms with Crippen LogP contribution in [0, 0.1) is 0 Å². The maximum atomic E-state index is 5.91. The molecule has 378 valence electrons. The number of ether oxygens (including phenoxy) is 1. The van der Waals surface area contributed by atoms with Crippen molar-refractivity contribution in [1.29, 1.82) is 0 Å². The van der Waals surface area contributed by atoms with Crippen LogP contribution in [-0.2, 0) is 19.4 Å². The lowest BCUT2D eigenvalue weighted by atomic mass is 9.78. The van der Waals surface area contributed by atoms with E-state index in [2.05, 4.69) is 146 Å². The molecule has 0 radical (unpaired) electrons. The average Bonchev–Trinajstić information content (AvgIpc) is 3.44. The van der Waals surface area contributed by atoms with Gasteiger partial charge in [0.1, 0.15) is 5.75 Å². The minimum absolute atomic E-state index is 0.271. The van der Waals surface area contributed by atoms with E-state index in [1.54, 1.807) is 7.11 Å². The lowest BCUT2D eigenvalue weighted by Gasteiger charge is -2.32. The van der Waals surface area contributed by atoms with E-state index in [9.17, 15) is 0 Å². The summed E-state index contributed by atoms with van der Waals surface area (Å²) in [7, 11) is 6.11. The molecule has 0 bridgehead atoms. The summed E-state index contributed by atoms with van der Waals surface area (Å²) in [5.41, 5.74) is 21.1. The number of methoxy groups -OCH3 is 1. The van der Waals surface area contributed by atoms with Crippen molar-refractivity contribution in [2.24, 2.45) is 0 Å². The van der Waals surface area contributed by atoms with Gasteiger partial charge in [0.15, 0.2) is 0 Å². The monoisotopic (exact) mass is 977 g/mol. The largest absolute Gasteiger partial charge is 0.496 e. The molecule has 5 aromatic carbocycles. The molecule has 2 fully saturated rings. The van der Waals surface area contributed by atoms with Crippen LogP contribution in [0.15, 0.2) is 134 Å². The predicted molar refractivity (Wildman–Crippen MR) is 298 cm³/mol. The molecule has 0 amide bonds. The SMILES string of the molecule is CN1CCN(CCCNc2ncc3c(n2)-c2ccccc2C(c2ccc(N)cc2)C3)CC1.COc1ccccc1CNc1ccc(C2Cc3cnc(NCCCN4CCN(C)CC4)nc3-c3ccccc32)cc1. The average molecular weight is 977 g/mol. The number of aromatic nitrogens is 4. The first-order chi connectivity index (χ1) is 35.8. The first kappa shape index (κ1) is 49.7. The van der Waals surface area contributed by atoms with E-state index >= 15 is 0 Å². The van der Waals surface area contributed by atoms with Crippen LogP contribution in [0.1, 0.15) is 63.6 Å². The number of para-hydroxylation sites is 1. The minimum atomic E-state index is 0.271. The second kappa shape index (κ2) is 23.8. The summed E-state index contributed by atoms with van der Waals surface area (Å²) in [6, 6.07) is 42.5. The summed E-state index contributed by atoms with van der Waals surface area (Å²) in [6.45, 7) is 14.0. The summed E-state index contributed by atoms with van der Waals surface area (Å²) < 4.78 is 5.49. The highest BCUT2D eigenvalue weighted by atomic mass is 16.5. The Morgan fingerprint density at radius 2 is 1.01 bits per heavy atom. The molecule has 11 rings (SSSR count). The van der Waals surface area contributed by atoms with Crippen molar-refractivity contribution in [2.75, 3.05) is 121 Å². The van der Waals surface area contributed by atoms with Crippen LogP contribution in [0.3, 0.4) is 0 Å². The number of benzene rings is 5. The van der Waals surface area contributed by atoms with E-state index in [4.69, 9.17) is 25.4 Å². The Morgan fingerprint density at radius 1 is 0.548 bits per heavy atom. The summed E-state index contributed by atoms with van der Waals surface area (Å²) in [4.78, 5) is 29.2. The summed E-state index contributed by atoms with van der Waals surface area (Å²) in [5.74, 6) is 2.92. The Hall–Kier alpha value is -6.90. The Balaban J connectivity index is 0.000000173. The molecule has 73 heavy (non-hydrogen) atoms. The van der Waals surface area contributed by atoms with Gasteiger partial charge in [-0.25, -0.2) is 19.9 Å². The summed E-state index contributed by atoms with van der Waals surface area (Å²) in [5, 5.41) is 10.5. The molecule has 2 atom stereocenters. The number of nitrogen functional groups attached to an aromatic ring is 1. The number of nitrogens with one attached hydrogen (secondary N) is 3. The zero-order chi connectivity index (χ0) is 49.9. The van der Waals surface area contributed by atoms with Gasteiger partial charge in [0.25, 0.3) is 0 Å². The van der Waals surface area contributed by atoms with Gasteiger partial charge < -0.3 is 46.0 Å². The fourth-order valence-electron chi connectivity index (χ4n) is 10.8. The van der Waals surface area contributed by atoms with Crippen LogP contribution in [0.25, 0.3) is 22.5 Å². The van der Waals surface area contributed by atoms with E-state index in [1.807, 2.05) is 42.7 Å². The van der Waals surface area contributed by atoms with Gasteiger partial charge >= 0.3 is 0 Å². The lowest BCUT2D eigenvalue weighted by molar-refractivity contribution is 0.154. The van der Waals surface area contributed by atoms with Crippen LogP contribution >= 0.6 is 0 Å². The van der Waals surface area contributed by atoms with Gasteiger partial charge in [0, 0.05) is 124 Å². The summed E-state index contributed by atoms with van der Waals surface area (Å²) >= 11 is 0. The molecule has 7 aromatic rings. The molecular formula is C60H72N12O. The molecule has 0 spiro atoms. The smallest absolute Gasteiger partial charge is 0.223 e. The molecule has 4 heterocycles. The van der Waals surface area contributed by atoms with Crippen LogP contribution < -0.4 is 26.4 Å². The molecule has 2 aromatic heterocycles. The van der Waals surface area contributed by atoms with Crippen LogP contribution in [0.5, 0.6) is 5.75 Å². The Kier molecular flexibility index (Phi) is 16.2. The maximum absolute atomic E-state index is 5.91. The van der Waals surface area contributed by atoms with Crippen molar-refractivity contribution >= 4 is 23.3 Å². The Labute approximate surface area is 432 Å². The van der Waals surface area contributed by atoms with Crippen molar-refractivity contribution in [3.8, 4) is 28.3 Å². The van der Waals surface area contributed by atoms with Gasteiger partial charge in [-0.2, -0.15) is 0 Å². The third-order valence-corrected chi connectivity index (χ3v) is 15.1. The van der Waals surface area contributed by atoms with Crippen LogP contribution in [0.2, 0.25) is 0 Å². The standard InChI is InChI=1S/C34H40N6O.C26H32N6/c1-39-18-20-40(21-19-39)17-7-16-35-34-37-24-27-22-31(29-9-4-5-10-30(29)33(27)38-34)25-12-14-28(15-13-25)36-23-26-8-3-6-11-32(26)41-2;1-31-13-15-32(16-14-31)12-4-11-28-26-29-18-20-17-24(19-7-9-21(27)10-8-19)22-5-2-3-6-23(22)25(20)30-26/h3-6,8-15,24,31,36H,7,16-23H2,1-2H3,(H,35,37,38);2-3,5-10,18,24H,4,11-17,27H2,1H3,(H,28,29,30). The third kappa shape index (κ3) is 12.3. The molecule has 5 N–H and O–H groups in total. The predicted octanol–water partition coefficient (Wildman–Crippen LogP) is 8.96. The van der Waals surface area contributed by atoms with Crippen molar-refractivity contribution in [1.82, 2.24) is 39.5 Å². The number of fused-ring (bicyclic) bond motifs is 6. The Bertz CT molecular complexity index is 2900. The molecule has 2 unspecified atom stereocenters. The lowest BCUT2D eigenvalue weighted by Crippen LogP contribution is -2.44. The normalized spacial score (nSPS) is 17.7. The van der Waals surface area contributed by atoms with Crippen molar-refractivity contribution < 1.29 is 4.74 Å². The zero-order valence-corrected chi connectivity index (χ0v) is 42.9. The zero-order valence-electron chi connectivity index (χ0n) is 42.9. The van der Waals surface area contributed by atoms with E-state index in [-0.39, 0.29) is 5.92 Å². The van der Waals surface area contributed by atoms with E-state index < -0.39 is 0 Å². The van der Waals surface area contributed by atoms with Gasteiger partial charge in [-0.1, -0.05) is 91.0 Å². The van der Waals surface area contributed by atoms with Gasteiger partial charge in [-0.05, 0) is 117 Å². The topological polar surface area (TPSA) is 136 Å². The third-order valence-electron chi connectivity index (χ3n) is 15.1. The van der Waals surface area contributed by atoms with Crippen molar-refractivity contribution in [2.45, 2.75) is 44.1 Å². The minimum Gasteiger partial charge on any atom is -0.496 e. The number of piperazine rings is 2. The highest BCUT2D eigenvalue weighted by molar-refractivity contribution is 5.74. The molecule has 2 aliphatic carbocycles.